The molecule has 202 valence electrons. The quantitative estimate of drug-likeness (QED) is 0.349. The van der Waals surface area contributed by atoms with Crippen LogP contribution in [0.4, 0.5) is 0 Å². The Kier molecular flexibility index (Phi) is 5.68. The predicted octanol–water partition coefficient (Wildman–Crippen LogP) is 0.517. The topological polar surface area (TPSA) is 166 Å². The largest absolute Gasteiger partial charge is 0.504 e. The van der Waals surface area contributed by atoms with Crippen LogP contribution in [0.25, 0.3) is 0 Å². The van der Waals surface area contributed by atoms with Crippen LogP contribution >= 0.6 is 0 Å². The van der Waals surface area contributed by atoms with Gasteiger partial charge in [-0.3, -0.25) is 14.4 Å². The van der Waals surface area contributed by atoms with Crippen molar-refractivity contribution in [2.75, 3.05) is 13.7 Å². The second-order valence-electron chi connectivity index (χ2n) is 11.4. The van der Waals surface area contributed by atoms with E-state index >= 15 is 0 Å². The van der Waals surface area contributed by atoms with Crippen molar-refractivity contribution >= 4 is 23.7 Å². The molecular weight excluding hydrogens is 488 g/mol. The Morgan fingerprint density at radius 1 is 1.22 bits per heavy atom. The number of rotatable bonds is 4. The Morgan fingerprint density at radius 2 is 1.89 bits per heavy atom. The number of hydrogen-bond acceptors (Lipinski definition) is 11. The first-order valence-electron chi connectivity index (χ1n) is 12.4. The van der Waals surface area contributed by atoms with E-state index in [2.05, 4.69) is 0 Å². The van der Waals surface area contributed by atoms with Crippen LogP contribution in [0.3, 0.4) is 0 Å². The number of esters is 3. The van der Waals surface area contributed by atoms with E-state index in [0.29, 0.717) is 5.57 Å². The SMILES string of the molecule is COC(=O)[C@]12COC34C(CC5=C(C)C(=O)C(O)=C[C@]5(C)[C@H]3[C@@H](O)[C@@H]1O)OC(=O)[C@H](OC(=O)CC(C)C)[C@H]42. The first-order valence-corrected chi connectivity index (χ1v) is 12.4. The minimum atomic E-state index is -1.94. The van der Waals surface area contributed by atoms with E-state index < -0.39 is 88.7 Å². The Hall–Kier alpha value is -2.76. The molecule has 2 saturated heterocycles. The summed E-state index contributed by atoms with van der Waals surface area (Å²) in [6.45, 7) is 6.41. The molecule has 3 aliphatic carbocycles. The molecule has 3 N–H and O–H groups in total. The van der Waals surface area contributed by atoms with Gasteiger partial charge in [-0.2, -0.15) is 0 Å². The van der Waals surface area contributed by atoms with Gasteiger partial charge >= 0.3 is 17.9 Å². The van der Waals surface area contributed by atoms with E-state index in [1.54, 1.807) is 20.8 Å². The van der Waals surface area contributed by atoms with Crippen LogP contribution < -0.4 is 0 Å². The standard InChI is InChI=1S/C26H32O11/c1-10(2)6-15(28)37-18-20-25(23(33)34-5)9-35-26(20)14(36-22(18)32)7-12-11(3)16(29)13(27)8-24(12,4)19(26)17(30)21(25)31/h8,10,14,17-21,27,30-31H,6-7,9H2,1-5H3/t14?,17-,18-,19-,20+,21+,24+,25+,26?/m1/s1. The highest BCUT2D eigenvalue weighted by atomic mass is 16.6. The van der Waals surface area contributed by atoms with Gasteiger partial charge in [0, 0.05) is 29.7 Å². The number of Topliss-reactive ketones (excluding diaryl/α,β-unsaturated/α-hetero) is 1. The summed E-state index contributed by atoms with van der Waals surface area (Å²) in [5.41, 5.74) is -4.00. The molecule has 37 heavy (non-hydrogen) atoms. The number of fused-ring (bicyclic) bond motifs is 2. The molecule has 0 aromatic heterocycles. The number of aliphatic hydroxyl groups is 3. The van der Waals surface area contributed by atoms with Crippen molar-refractivity contribution < 1.29 is 53.4 Å². The highest BCUT2D eigenvalue weighted by molar-refractivity contribution is 6.08. The molecule has 5 aliphatic rings. The molecule has 9 atom stereocenters. The van der Waals surface area contributed by atoms with E-state index in [9.17, 15) is 34.5 Å². The van der Waals surface area contributed by atoms with E-state index in [1.165, 1.54) is 13.0 Å². The van der Waals surface area contributed by atoms with Gasteiger partial charge in [-0.05, 0) is 24.5 Å². The summed E-state index contributed by atoms with van der Waals surface area (Å²) < 4.78 is 22.8. The van der Waals surface area contributed by atoms with Gasteiger partial charge < -0.3 is 34.3 Å². The van der Waals surface area contributed by atoms with Gasteiger partial charge in [0.2, 0.25) is 11.9 Å². The minimum absolute atomic E-state index is 0.00383. The summed E-state index contributed by atoms with van der Waals surface area (Å²) in [7, 11) is 1.12. The molecule has 2 aliphatic heterocycles. The maximum absolute atomic E-state index is 13.4. The van der Waals surface area contributed by atoms with Crippen molar-refractivity contribution in [2.45, 2.75) is 70.6 Å². The molecule has 0 aromatic carbocycles. The summed E-state index contributed by atoms with van der Waals surface area (Å²) in [6.07, 6.45) is -4.75. The zero-order valence-corrected chi connectivity index (χ0v) is 21.3. The van der Waals surface area contributed by atoms with Crippen molar-refractivity contribution in [2.24, 2.45) is 28.6 Å². The lowest BCUT2D eigenvalue weighted by molar-refractivity contribution is -0.287. The van der Waals surface area contributed by atoms with Gasteiger partial charge in [-0.25, -0.2) is 4.79 Å². The van der Waals surface area contributed by atoms with E-state index in [4.69, 9.17) is 18.9 Å². The van der Waals surface area contributed by atoms with Crippen LogP contribution in [-0.4, -0.2) is 82.7 Å². The number of hydrogen-bond donors (Lipinski definition) is 3. The highest BCUT2D eigenvalue weighted by Gasteiger charge is 2.84. The van der Waals surface area contributed by atoms with Crippen molar-refractivity contribution in [3.05, 3.63) is 23.0 Å². The van der Waals surface area contributed by atoms with E-state index in [1.807, 2.05) is 0 Å². The van der Waals surface area contributed by atoms with Crippen LogP contribution in [-0.2, 0) is 38.1 Å². The lowest BCUT2D eigenvalue weighted by Gasteiger charge is -2.65. The minimum Gasteiger partial charge on any atom is -0.504 e. The monoisotopic (exact) mass is 520 g/mol. The molecule has 11 heteroatoms. The van der Waals surface area contributed by atoms with Gasteiger partial charge in [0.1, 0.15) is 17.1 Å². The molecule has 0 amide bonds. The lowest BCUT2D eigenvalue weighted by Crippen LogP contribution is -2.79. The number of ketones is 1. The number of carbonyl (C=O) groups is 4. The molecule has 2 saturated carbocycles. The second kappa shape index (κ2) is 8.12. The van der Waals surface area contributed by atoms with Crippen molar-refractivity contribution in [3.63, 3.8) is 0 Å². The lowest BCUT2D eigenvalue weighted by atomic mass is 9.42. The number of aliphatic hydroxyl groups excluding tert-OH is 3. The fraction of sp³-hybridized carbons (Fsp3) is 0.692. The molecule has 11 nitrogen and oxygen atoms in total. The van der Waals surface area contributed by atoms with Crippen LogP contribution in [0.15, 0.2) is 23.0 Å². The van der Waals surface area contributed by atoms with Gasteiger partial charge in [-0.1, -0.05) is 20.8 Å². The summed E-state index contributed by atoms with van der Waals surface area (Å²) in [4.78, 5) is 52.1. The zero-order valence-electron chi connectivity index (χ0n) is 21.3. The first kappa shape index (κ1) is 25.9. The van der Waals surface area contributed by atoms with Crippen molar-refractivity contribution in [3.8, 4) is 0 Å². The van der Waals surface area contributed by atoms with Crippen molar-refractivity contribution in [1.29, 1.82) is 0 Å². The highest BCUT2D eigenvalue weighted by Crippen LogP contribution is 2.70. The van der Waals surface area contributed by atoms with Crippen molar-refractivity contribution in [1.82, 2.24) is 0 Å². The average Bonchev–Trinajstić information content (AvgIpc) is 3.12. The fourth-order valence-corrected chi connectivity index (χ4v) is 7.73. The summed E-state index contributed by atoms with van der Waals surface area (Å²) in [5.74, 6) is -6.06. The summed E-state index contributed by atoms with van der Waals surface area (Å²) in [5, 5.41) is 33.7. The maximum atomic E-state index is 13.4. The number of allylic oxidation sites excluding steroid dienone is 2. The molecular formula is C26H32O11. The molecule has 2 unspecified atom stereocenters. The molecule has 0 aromatic rings. The molecule has 0 radical (unpaired) electrons. The fourth-order valence-electron chi connectivity index (χ4n) is 7.73. The van der Waals surface area contributed by atoms with E-state index in [-0.39, 0.29) is 24.3 Å². The maximum Gasteiger partial charge on any atom is 0.348 e. The number of carbonyl (C=O) groups excluding carboxylic acids is 4. The normalized spacial score (nSPS) is 44.1. The Morgan fingerprint density at radius 3 is 2.51 bits per heavy atom. The molecule has 2 heterocycles. The molecule has 4 fully saturated rings. The Balaban J connectivity index is 1.75. The van der Waals surface area contributed by atoms with Gasteiger partial charge in [0.05, 0.1) is 31.8 Å². The van der Waals surface area contributed by atoms with Gasteiger partial charge in [-0.15, -0.1) is 0 Å². The summed E-state index contributed by atoms with van der Waals surface area (Å²) in [6, 6.07) is 0. The first-order chi connectivity index (χ1) is 17.3. The van der Waals surface area contributed by atoms with Crippen LogP contribution in [0, 0.1) is 28.6 Å². The number of methoxy groups -OCH3 is 1. The third-order valence-electron chi connectivity index (χ3n) is 9.12. The van der Waals surface area contributed by atoms with Crippen LogP contribution in [0.2, 0.25) is 0 Å². The number of ether oxygens (including phenoxy) is 4. The third-order valence-corrected chi connectivity index (χ3v) is 9.12. The summed E-state index contributed by atoms with van der Waals surface area (Å²) >= 11 is 0. The zero-order chi connectivity index (χ0) is 27.2. The Bertz CT molecular complexity index is 1150. The Labute approximate surface area is 213 Å². The molecule has 5 rings (SSSR count). The third kappa shape index (κ3) is 3.04. The van der Waals surface area contributed by atoms with Gasteiger partial charge in [0.15, 0.2) is 5.76 Å². The molecule has 1 spiro atoms. The smallest absolute Gasteiger partial charge is 0.348 e. The van der Waals surface area contributed by atoms with Crippen LogP contribution in [0.5, 0.6) is 0 Å². The predicted molar refractivity (Wildman–Crippen MR) is 122 cm³/mol. The van der Waals surface area contributed by atoms with Gasteiger partial charge in [0.25, 0.3) is 0 Å². The van der Waals surface area contributed by atoms with E-state index in [0.717, 1.165) is 7.11 Å². The second-order valence-corrected chi connectivity index (χ2v) is 11.4. The molecule has 2 bridgehead atoms. The van der Waals surface area contributed by atoms with Crippen LogP contribution in [0.1, 0.15) is 40.5 Å². The average molecular weight is 521 g/mol.